The Balaban J connectivity index is 0.00000240. The first-order valence-corrected chi connectivity index (χ1v) is 9.18. The molecular formula is C18H12Cl2FN7S. The normalized spacial score (nSPS) is 10.4. The second kappa shape index (κ2) is 8.13. The first-order valence-electron chi connectivity index (χ1n) is 7.98. The number of aromatic nitrogens is 4. The molecule has 0 spiro atoms. The van der Waals surface area contributed by atoms with E-state index >= 15 is 0 Å². The maximum atomic E-state index is 14.4. The third-order valence-electron chi connectivity index (χ3n) is 3.84. The molecule has 29 heavy (non-hydrogen) atoms. The minimum atomic E-state index is -0.577. The highest BCUT2D eigenvalue weighted by Gasteiger charge is 2.19. The molecule has 0 aliphatic heterocycles. The number of halogens is 3. The molecule has 146 valence electrons. The van der Waals surface area contributed by atoms with Gasteiger partial charge in [-0.3, -0.25) is 0 Å². The largest absolute Gasteiger partial charge is 0.368 e. The average molecular weight is 448 g/mol. The fraction of sp³-hybridized carbons (Fsp3) is 0.0556. The van der Waals surface area contributed by atoms with Crippen LogP contribution in [0.4, 0.5) is 22.0 Å². The highest BCUT2D eigenvalue weighted by Crippen LogP contribution is 2.39. The van der Waals surface area contributed by atoms with Gasteiger partial charge in [-0.1, -0.05) is 17.7 Å². The fourth-order valence-electron chi connectivity index (χ4n) is 2.69. The number of anilines is 3. The molecule has 1 aromatic carbocycles. The van der Waals surface area contributed by atoms with E-state index in [1.54, 1.807) is 31.2 Å². The van der Waals surface area contributed by atoms with E-state index in [4.69, 9.17) is 17.3 Å². The number of hydrogen-bond acceptors (Lipinski definition) is 8. The first kappa shape index (κ1) is 20.7. The second-order valence-electron chi connectivity index (χ2n) is 5.80. The van der Waals surface area contributed by atoms with Crippen LogP contribution in [0, 0.1) is 24.1 Å². The number of nitrogens with zero attached hydrogens (tertiary/aromatic N) is 5. The Labute approximate surface area is 179 Å². The summed E-state index contributed by atoms with van der Waals surface area (Å²) in [5, 5.41) is 13.2. The van der Waals surface area contributed by atoms with Crippen molar-refractivity contribution in [2.24, 2.45) is 0 Å². The lowest BCUT2D eigenvalue weighted by Gasteiger charge is -2.06. The van der Waals surface area contributed by atoms with Crippen LogP contribution in [0.2, 0.25) is 5.02 Å². The zero-order valence-electron chi connectivity index (χ0n) is 14.8. The van der Waals surface area contributed by atoms with Crippen LogP contribution in [0.5, 0.6) is 0 Å². The van der Waals surface area contributed by atoms with E-state index < -0.39 is 5.82 Å². The van der Waals surface area contributed by atoms with Crippen molar-refractivity contribution < 1.29 is 4.39 Å². The summed E-state index contributed by atoms with van der Waals surface area (Å²) in [6, 6.07) is 8.74. The van der Waals surface area contributed by atoms with Crippen LogP contribution in [-0.2, 0) is 0 Å². The summed E-state index contributed by atoms with van der Waals surface area (Å²) in [7, 11) is 0. The number of pyridine rings is 1. The molecule has 0 saturated heterocycles. The summed E-state index contributed by atoms with van der Waals surface area (Å²) in [6.45, 7) is 1.78. The fourth-order valence-corrected chi connectivity index (χ4v) is 4.10. The lowest BCUT2D eigenvalue weighted by molar-refractivity contribution is 0.632. The van der Waals surface area contributed by atoms with Gasteiger partial charge >= 0.3 is 0 Å². The summed E-state index contributed by atoms with van der Waals surface area (Å²) in [6.07, 6.45) is 1.07. The van der Waals surface area contributed by atoms with Crippen LogP contribution in [0.15, 0.2) is 30.5 Å². The minimum absolute atomic E-state index is 0. The van der Waals surface area contributed by atoms with E-state index in [1.807, 2.05) is 0 Å². The van der Waals surface area contributed by atoms with Crippen molar-refractivity contribution in [1.82, 2.24) is 19.9 Å². The number of nitrogens with one attached hydrogen (secondary N) is 1. The average Bonchev–Trinajstić information content (AvgIpc) is 3.09. The van der Waals surface area contributed by atoms with Gasteiger partial charge in [-0.25, -0.2) is 19.3 Å². The summed E-state index contributed by atoms with van der Waals surface area (Å²) >= 11 is 7.45. The van der Waals surface area contributed by atoms with E-state index in [-0.39, 0.29) is 23.9 Å². The van der Waals surface area contributed by atoms with Gasteiger partial charge < -0.3 is 11.1 Å². The third-order valence-corrected chi connectivity index (χ3v) is 5.24. The lowest BCUT2D eigenvalue weighted by Crippen LogP contribution is -2.02. The number of hydrogen-bond donors (Lipinski definition) is 2. The van der Waals surface area contributed by atoms with E-state index in [0.717, 1.165) is 6.20 Å². The van der Waals surface area contributed by atoms with Crippen LogP contribution in [0.3, 0.4) is 0 Å². The van der Waals surface area contributed by atoms with Gasteiger partial charge in [0.1, 0.15) is 21.0 Å². The maximum Gasteiger partial charge on any atom is 0.222 e. The van der Waals surface area contributed by atoms with Crippen LogP contribution >= 0.6 is 35.3 Å². The zero-order valence-corrected chi connectivity index (χ0v) is 17.2. The monoisotopic (exact) mass is 447 g/mol. The Morgan fingerprint density at radius 2 is 2.07 bits per heavy atom. The van der Waals surface area contributed by atoms with Crippen LogP contribution in [0.1, 0.15) is 11.3 Å². The Bertz CT molecular complexity index is 1250. The van der Waals surface area contributed by atoms with Crippen molar-refractivity contribution in [1.29, 1.82) is 5.26 Å². The summed E-state index contributed by atoms with van der Waals surface area (Å²) in [5.74, 6) is 0.326. The van der Waals surface area contributed by atoms with Crippen molar-refractivity contribution in [2.45, 2.75) is 6.92 Å². The summed E-state index contributed by atoms with van der Waals surface area (Å²) in [4.78, 5) is 16.6. The predicted molar refractivity (Wildman–Crippen MR) is 114 cm³/mol. The van der Waals surface area contributed by atoms with Crippen molar-refractivity contribution in [3.8, 4) is 16.6 Å². The molecule has 0 aliphatic carbocycles. The van der Waals surface area contributed by atoms with E-state index in [2.05, 4.69) is 31.3 Å². The van der Waals surface area contributed by atoms with Crippen LogP contribution < -0.4 is 11.1 Å². The number of nitrogen functional groups attached to an aromatic ring is 1. The lowest BCUT2D eigenvalue weighted by atomic mass is 10.1. The molecule has 3 aromatic heterocycles. The Morgan fingerprint density at radius 3 is 2.79 bits per heavy atom. The number of nitriles is 1. The SMILES string of the molecule is Cc1cc(Nc2ncc(F)c3nc(-c4c(Cl)cccc4C#N)sc23)nc(N)n1.Cl. The topological polar surface area (TPSA) is 113 Å². The maximum absolute atomic E-state index is 14.4. The van der Waals surface area contributed by atoms with E-state index in [1.165, 1.54) is 11.3 Å². The van der Waals surface area contributed by atoms with Gasteiger partial charge in [-0.2, -0.15) is 10.2 Å². The number of thiazole rings is 1. The zero-order chi connectivity index (χ0) is 19.8. The van der Waals surface area contributed by atoms with Crippen molar-refractivity contribution >= 4 is 63.1 Å². The molecule has 3 N–H and O–H groups in total. The van der Waals surface area contributed by atoms with Gasteiger partial charge in [0.25, 0.3) is 0 Å². The Kier molecular flexibility index (Phi) is 5.79. The molecule has 0 amide bonds. The molecule has 0 aliphatic rings. The molecule has 0 radical (unpaired) electrons. The number of benzene rings is 1. The first-order chi connectivity index (χ1) is 13.5. The smallest absolute Gasteiger partial charge is 0.222 e. The molecule has 7 nitrogen and oxygen atoms in total. The number of fused-ring (bicyclic) bond motifs is 1. The molecule has 11 heteroatoms. The second-order valence-corrected chi connectivity index (χ2v) is 7.21. The molecule has 4 rings (SSSR count). The quantitative estimate of drug-likeness (QED) is 0.460. The molecule has 0 saturated carbocycles. The number of nitrogens with two attached hydrogens (primary N) is 1. The molecule has 0 fully saturated rings. The number of rotatable bonds is 3. The van der Waals surface area contributed by atoms with E-state index in [9.17, 15) is 9.65 Å². The van der Waals surface area contributed by atoms with Gasteiger partial charge in [0.2, 0.25) is 5.95 Å². The summed E-state index contributed by atoms with van der Waals surface area (Å²) < 4.78 is 14.8. The third kappa shape index (κ3) is 3.91. The van der Waals surface area contributed by atoms with Crippen LogP contribution in [-0.4, -0.2) is 19.9 Å². The number of aryl methyl sites for hydroxylation is 1. The highest BCUT2D eigenvalue weighted by molar-refractivity contribution is 7.22. The summed E-state index contributed by atoms with van der Waals surface area (Å²) in [5.41, 5.74) is 7.29. The van der Waals surface area contributed by atoms with E-state index in [0.29, 0.717) is 43.2 Å². The molecular weight excluding hydrogens is 436 g/mol. The Morgan fingerprint density at radius 1 is 1.28 bits per heavy atom. The molecule has 0 unspecified atom stereocenters. The molecule has 3 heterocycles. The minimum Gasteiger partial charge on any atom is -0.368 e. The van der Waals surface area contributed by atoms with Crippen LogP contribution in [0.25, 0.3) is 20.8 Å². The molecule has 0 bridgehead atoms. The highest BCUT2D eigenvalue weighted by atomic mass is 35.5. The van der Waals surface area contributed by atoms with Crippen molar-refractivity contribution in [2.75, 3.05) is 11.1 Å². The van der Waals surface area contributed by atoms with Gasteiger partial charge in [-0.05, 0) is 19.1 Å². The van der Waals surface area contributed by atoms with Crippen molar-refractivity contribution in [3.05, 3.63) is 52.6 Å². The standard InChI is InChI=1S/C18H11ClFN7S.ClH/c1-8-5-12(26-18(22)24-8)25-16-15-14(11(20)7-23-16)27-17(28-15)13-9(6-21)3-2-4-10(13)19;/h2-5,7H,1H3,(H3,22,23,24,25,26);1H. The molecule has 0 atom stereocenters. The van der Waals surface area contributed by atoms with Gasteiger partial charge in [0.15, 0.2) is 11.6 Å². The Hall–Kier alpha value is -3.06. The van der Waals surface area contributed by atoms with Gasteiger partial charge in [-0.15, -0.1) is 23.7 Å². The van der Waals surface area contributed by atoms with Gasteiger partial charge in [0, 0.05) is 17.3 Å². The predicted octanol–water partition coefficient (Wildman–Crippen LogP) is 4.87. The molecule has 4 aromatic rings. The van der Waals surface area contributed by atoms with Gasteiger partial charge in [0.05, 0.1) is 22.9 Å². The van der Waals surface area contributed by atoms with Crippen molar-refractivity contribution in [3.63, 3.8) is 0 Å².